The third kappa shape index (κ3) is 1.86. The first-order valence-electron chi connectivity index (χ1n) is 3.98. The van der Waals surface area contributed by atoms with Gasteiger partial charge in [0.2, 0.25) is 10.7 Å². The fourth-order valence-electron chi connectivity index (χ4n) is 1.18. The second-order valence-corrected chi connectivity index (χ2v) is 4.02. The number of hydrogen-bond acceptors (Lipinski definition) is 3. The van der Waals surface area contributed by atoms with Crippen LogP contribution in [0.3, 0.4) is 0 Å². The monoisotopic (exact) mass is 260 g/mol. The number of H-pyrrole nitrogens is 1. The van der Waals surface area contributed by atoms with Crippen LogP contribution in [-0.4, -0.2) is 14.8 Å². The van der Waals surface area contributed by atoms with Crippen LogP contribution in [0.15, 0.2) is 18.2 Å². The van der Waals surface area contributed by atoms with Crippen molar-refractivity contribution in [2.75, 3.05) is 5.73 Å². The minimum atomic E-state index is 0.276. The molecule has 0 spiro atoms. The molecule has 2 rings (SSSR count). The van der Waals surface area contributed by atoms with E-state index in [1.807, 2.05) is 0 Å². The Bertz CT molecular complexity index is 560. The lowest BCUT2D eigenvalue weighted by Crippen LogP contribution is -2.00. The zero-order chi connectivity index (χ0) is 11.0. The number of benzene rings is 1. The summed E-state index contributed by atoms with van der Waals surface area (Å²) in [5, 5.41) is 7.30. The molecule has 0 radical (unpaired) electrons. The van der Waals surface area contributed by atoms with Gasteiger partial charge in [-0.05, 0) is 30.4 Å². The molecule has 0 amide bonds. The van der Waals surface area contributed by atoms with Gasteiger partial charge in [-0.3, -0.25) is 4.57 Å². The average Bonchev–Trinajstić information content (AvgIpc) is 2.52. The van der Waals surface area contributed by atoms with Gasteiger partial charge in [-0.2, -0.15) is 0 Å². The molecule has 7 heteroatoms. The second-order valence-electron chi connectivity index (χ2n) is 2.82. The second kappa shape index (κ2) is 3.84. The number of nitrogen functional groups attached to an aromatic ring is 1. The fraction of sp³-hybridized carbons (Fsp3) is 0. The van der Waals surface area contributed by atoms with Gasteiger partial charge in [0.1, 0.15) is 0 Å². The van der Waals surface area contributed by atoms with E-state index in [2.05, 4.69) is 10.2 Å². The lowest BCUT2D eigenvalue weighted by molar-refractivity contribution is 1.04. The van der Waals surface area contributed by atoms with Gasteiger partial charge in [-0.25, -0.2) is 5.10 Å². The Kier molecular flexibility index (Phi) is 2.68. The van der Waals surface area contributed by atoms with Gasteiger partial charge in [0, 0.05) is 0 Å². The lowest BCUT2D eigenvalue weighted by Gasteiger charge is -2.04. The van der Waals surface area contributed by atoms with Crippen LogP contribution in [0.1, 0.15) is 0 Å². The molecule has 0 saturated carbocycles. The van der Waals surface area contributed by atoms with Gasteiger partial charge >= 0.3 is 0 Å². The summed E-state index contributed by atoms with van der Waals surface area (Å²) >= 11 is 16.7. The first-order chi connectivity index (χ1) is 7.09. The summed E-state index contributed by atoms with van der Waals surface area (Å²) in [7, 11) is 0. The third-order valence-corrected chi connectivity index (χ3v) is 2.87. The maximum atomic E-state index is 5.88. The molecule has 0 unspecified atom stereocenters. The van der Waals surface area contributed by atoms with Crippen LogP contribution >= 0.6 is 35.4 Å². The van der Waals surface area contributed by atoms with Crippen molar-refractivity contribution in [2.24, 2.45) is 0 Å². The first-order valence-corrected chi connectivity index (χ1v) is 5.14. The van der Waals surface area contributed by atoms with Crippen molar-refractivity contribution >= 4 is 41.4 Å². The van der Waals surface area contributed by atoms with Gasteiger partial charge < -0.3 is 5.73 Å². The maximum absolute atomic E-state index is 5.88. The average molecular weight is 261 g/mol. The van der Waals surface area contributed by atoms with Gasteiger partial charge in [-0.15, -0.1) is 5.10 Å². The molecule has 0 bridgehead atoms. The van der Waals surface area contributed by atoms with Crippen molar-refractivity contribution in [3.63, 3.8) is 0 Å². The van der Waals surface area contributed by atoms with Crippen molar-refractivity contribution in [2.45, 2.75) is 0 Å². The molecule has 2 aromatic rings. The van der Waals surface area contributed by atoms with E-state index in [1.54, 1.807) is 22.8 Å². The van der Waals surface area contributed by atoms with Crippen LogP contribution in [0.25, 0.3) is 5.69 Å². The van der Waals surface area contributed by atoms with E-state index in [-0.39, 0.29) is 5.95 Å². The Hall–Kier alpha value is -1.04. The van der Waals surface area contributed by atoms with Crippen LogP contribution in [0.2, 0.25) is 10.0 Å². The van der Waals surface area contributed by atoms with Crippen LogP contribution in [0.4, 0.5) is 5.95 Å². The number of aromatic nitrogens is 3. The standard InChI is InChI=1S/C8H6Cl2N4S/c9-5-2-1-4(3-6(5)10)14-7(11)12-13-8(14)15/h1-3H,(H2,11,12)(H,13,15). The molecule has 0 aliphatic rings. The van der Waals surface area contributed by atoms with E-state index in [4.69, 9.17) is 41.2 Å². The van der Waals surface area contributed by atoms with E-state index < -0.39 is 0 Å². The van der Waals surface area contributed by atoms with Gasteiger partial charge in [0.25, 0.3) is 0 Å². The number of halogens is 2. The molecule has 1 heterocycles. The zero-order valence-corrected chi connectivity index (χ0v) is 9.70. The number of hydrogen-bond donors (Lipinski definition) is 2. The molecule has 15 heavy (non-hydrogen) atoms. The van der Waals surface area contributed by atoms with E-state index in [1.165, 1.54) is 0 Å². The topological polar surface area (TPSA) is 59.6 Å². The molecule has 4 nitrogen and oxygen atoms in total. The Morgan fingerprint density at radius 1 is 1.33 bits per heavy atom. The molecule has 0 aliphatic heterocycles. The van der Waals surface area contributed by atoms with Crippen LogP contribution in [0.5, 0.6) is 0 Å². The summed E-state index contributed by atoms with van der Waals surface area (Å²) in [5.74, 6) is 0.276. The molecule has 78 valence electrons. The fourth-order valence-corrected chi connectivity index (χ4v) is 1.72. The van der Waals surface area contributed by atoms with Crippen molar-refractivity contribution in [3.8, 4) is 5.69 Å². The summed E-state index contributed by atoms with van der Waals surface area (Å²) in [6, 6.07) is 5.11. The summed E-state index contributed by atoms with van der Waals surface area (Å²) < 4.78 is 1.98. The van der Waals surface area contributed by atoms with Crippen LogP contribution < -0.4 is 5.73 Å². The molecule has 0 aliphatic carbocycles. The Morgan fingerprint density at radius 3 is 2.60 bits per heavy atom. The number of rotatable bonds is 1. The number of nitrogens with zero attached hydrogens (tertiary/aromatic N) is 2. The molecule has 1 aromatic heterocycles. The number of nitrogens with one attached hydrogen (secondary N) is 1. The number of aromatic amines is 1. The lowest BCUT2D eigenvalue weighted by atomic mass is 10.3. The third-order valence-electron chi connectivity index (χ3n) is 1.86. The molecule has 0 fully saturated rings. The minimum Gasteiger partial charge on any atom is -0.368 e. The van der Waals surface area contributed by atoms with Gasteiger partial charge in [0.05, 0.1) is 15.7 Å². The molecule has 0 atom stereocenters. The highest BCUT2D eigenvalue weighted by molar-refractivity contribution is 7.71. The highest BCUT2D eigenvalue weighted by Crippen LogP contribution is 2.25. The van der Waals surface area contributed by atoms with Gasteiger partial charge in [0.15, 0.2) is 0 Å². The molecular formula is C8H6Cl2N4S. The summed E-state index contributed by atoms with van der Waals surface area (Å²) in [5.41, 5.74) is 6.36. The smallest absolute Gasteiger partial charge is 0.225 e. The van der Waals surface area contributed by atoms with E-state index in [0.29, 0.717) is 14.8 Å². The van der Waals surface area contributed by atoms with Crippen LogP contribution in [-0.2, 0) is 0 Å². The molecule has 0 saturated heterocycles. The van der Waals surface area contributed by atoms with Crippen molar-refractivity contribution < 1.29 is 0 Å². The first kappa shape index (κ1) is 10.5. The van der Waals surface area contributed by atoms with Crippen molar-refractivity contribution in [3.05, 3.63) is 33.0 Å². The Balaban J connectivity index is 2.65. The minimum absolute atomic E-state index is 0.276. The van der Waals surface area contributed by atoms with E-state index in [0.717, 1.165) is 5.69 Å². The van der Waals surface area contributed by atoms with Crippen molar-refractivity contribution in [1.82, 2.24) is 14.8 Å². The van der Waals surface area contributed by atoms with E-state index >= 15 is 0 Å². The Labute approximate surface area is 101 Å². The molecular weight excluding hydrogens is 255 g/mol. The number of nitrogens with two attached hydrogens (primary N) is 1. The zero-order valence-electron chi connectivity index (χ0n) is 7.37. The SMILES string of the molecule is Nc1n[nH]c(=S)n1-c1ccc(Cl)c(Cl)c1. The normalized spacial score (nSPS) is 10.5. The highest BCUT2D eigenvalue weighted by atomic mass is 35.5. The summed E-state index contributed by atoms with van der Waals surface area (Å²) in [6.07, 6.45) is 0. The highest BCUT2D eigenvalue weighted by Gasteiger charge is 2.06. The quantitative estimate of drug-likeness (QED) is 0.776. The van der Waals surface area contributed by atoms with E-state index in [9.17, 15) is 0 Å². The number of anilines is 1. The predicted molar refractivity (Wildman–Crippen MR) is 63.2 cm³/mol. The van der Waals surface area contributed by atoms with Crippen molar-refractivity contribution in [1.29, 1.82) is 0 Å². The summed E-state index contributed by atoms with van der Waals surface area (Å²) in [4.78, 5) is 0. The Morgan fingerprint density at radius 2 is 2.07 bits per heavy atom. The maximum Gasteiger partial charge on any atom is 0.225 e. The summed E-state index contributed by atoms with van der Waals surface area (Å²) in [6.45, 7) is 0. The molecule has 1 aromatic carbocycles. The predicted octanol–water partition coefficient (Wildman–Crippen LogP) is 2.82. The van der Waals surface area contributed by atoms with Crippen LogP contribution in [0, 0.1) is 4.77 Å². The largest absolute Gasteiger partial charge is 0.368 e. The molecule has 3 N–H and O–H groups in total. The van der Waals surface area contributed by atoms with Gasteiger partial charge in [-0.1, -0.05) is 23.2 Å².